The highest BCUT2D eigenvalue weighted by molar-refractivity contribution is 7.80. The third-order valence-electron chi connectivity index (χ3n) is 3.18. The van der Waals surface area contributed by atoms with Crippen LogP contribution in [0.25, 0.3) is 0 Å². The summed E-state index contributed by atoms with van der Waals surface area (Å²) in [6.45, 7) is 5.40. The van der Waals surface area contributed by atoms with E-state index < -0.39 is 17.5 Å². The van der Waals surface area contributed by atoms with E-state index in [1.165, 1.54) is 12.1 Å². The molecule has 2 aromatic rings. The molecule has 0 aliphatic rings. The highest BCUT2D eigenvalue weighted by Crippen LogP contribution is 2.21. The van der Waals surface area contributed by atoms with Gasteiger partial charge in [0.25, 0.3) is 5.91 Å². The molecule has 0 bridgehead atoms. The lowest BCUT2D eigenvalue weighted by Gasteiger charge is -2.19. The molecule has 0 radical (unpaired) electrons. The van der Waals surface area contributed by atoms with Crippen LogP contribution in [0.4, 0.5) is 5.69 Å². The summed E-state index contributed by atoms with van der Waals surface area (Å²) in [5.41, 5.74) is 0.710. The topological polar surface area (TPSA) is 67.4 Å². The van der Waals surface area contributed by atoms with Gasteiger partial charge in [0.05, 0.1) is 16.1 Å². The van der Waals surface area contributed by atoms with Gasteiger partial charge in [-0.15, -0.1) is 0 Å². The Balaban J connectivity index is 1.97. The number of esters is 1. The Morgan fingerprint density at radius 2 is 1.67 bits per heavy atom. The maximum atomic E-state index is 12.2. The third kappa shape index (κ3) is 6.50. The van der Waals surface area contributed by atoms with Crippen molar-refractivity contribution in [3.8, 4) is 0 Å². The molecule has 5 nitrogen and oxygen atoms in total. The van der Waals surface area contributed by atoms with Crippen LogP contribution in [0.15, 0.2) is 42.5 Å². The Labute approximate surface area is 173 Å². The summed E-state index contributed by atoms with van der Waals surface area (Å²) in [4.78, 5) is 24.2. The van der Waals surface area contributed by atoms with Gasteiger partial charge in [-0.3, -0.25) is 10.1 Å². The molecule has 2 rings (SSSR count). The molecule has 2 aromatic carbocycles. The number of carbonyl (C=O) groups is 2. The van der Waals surface area contributed by atoms with Gasteiger partial charge in [0.1, 0.15) is 5.60 Å². The first kappa shape index (κ1) is 21.2. The molecule has 0 saturated heterocycles. The first-order chi connectivity index (χ1) is 12.5. The van der Waals surface area contributed by atoms with Crippen molar-refractivity contribution < 1.29 is 14.3 Å². The van der Waals surface area contributed by atoms with Crippen molar-refractivity contribution in [2.45, 2.75) is 26.4 Å². The van der Waals surface area contributed by atoms with Gasteiger partial charge in [0.15, 0.2) is 5.11 Å². The fourth-order valence-electron chi connectivity index (χ4n) is 2.03. The minimum Gasteiger partial charge on any atom is -0.456 e. The molecular weight excluding hydrogens is 407 g/mol. The number of carbonyl (C=O) groups excluding carboxylic acids is 2. The number of nitrogens with one attached hydrogen (secondary N) is 2. The molecule has 142 valence electrons. The minimum atomic E-state index is -0.567. The van der Waals surface area contributed by atoms with Crippen molar-refractivity contribution in [2.24, 2.45) is 0 Å². The highest BCUT2D eigenvalue weighted by atomic mass is 35.5. The van der Waals surface area contributed by atoms with Crippen LogP contribution >= 0.6 is 35.4 Å². The van der Waals surface area contributed by atoms with Crippen LogP contribution < -0.4 is 10.6 Å². The monoisotopic (exact) mass is 424 g/mol. The van der Waals surface area contributed by atoms with Crippen LogP contribution in [0.1, 0.15) is 41.5 Å². The third-order valence-corrected chi connectivity index (χ3v) is 3.93. The van der Waals surface area contributed by atoms with Gasteiger partial charge >= 0.3 is 5.97 Å². The first-order valence-electron chi connectivity index (χ1n) is 7.96. The average Bonchev–Trinajstić information content (AvgIpc) is 2.53. The minimum absolute atomic E-state index is 0.0936. The fraction of sp³-hybridized carbons (Fsp3) is 0.211. The van der Waals surface area contributed by atoms with Crippen LogP contribution in [0.5, 0.6) is 0 Å². The van der Waals surface area contributed by atoms with Gasteiger partial charge in [-0.1, -0.05) is 23.2 Å². The summed E-state index contributed by atoms with van der Waals surface area (Å²) in [6.07, 6.45) is 0. The number of thiocarbonyl (C=S) groups is 1. The summed E-state index contributed by atoms with van der Waals surface area (Å²) in [6, 6.07) is 11.1. The molecule has 0 unspecified atom stereocenters. The van der Waals surface area contributed by atoms with E-state index in [1.54, 1.807) is 51.1 Å². The number of benzene rings is 2. The normalized spacial score (nSPS) is 10.9. The molecule has 0 fully saturated rings. The second-order valence-electron chi connectivity index (χ2n) is 6.61. The number of rotatable bonds is 3. The Morgan fingerprint density at radius 3 is 2.22 bits per heavy atom. The molecule has 0 saturated carbocycles. The van der Waals surface area contributed by atoms with E-state index in [1.807, 2.05) is 0 Å². The maximum absolute atomic E-state index is 12.2. The molecule has 27 heavy (non-hydrogen) atoms. The van der Waals surface area contributed by atoms with Crippen molar-refractivity contribution in [1.29, 1.82) is 0 Å². The number of anilines is 1. The smallest absolute Gasteiger partial charge is 0.338 e. The lowest BCUT2D eigenvalue weighted by Crippen LogP contribution is -2.34. The Bertz CT molecular complexity index is 878. The van der Waals surface area contributed by atoms with Gasteiger partial charge < -0.3 is 10.1 Å². The molecule has 0 spiro atoms. The highest BCUT2D eigenvalue weighted by Gasteiger charge is 2.18. The van der Waals surface area contributed by atoms with Crippen molar-refractivity contribution in [2.75, 3.05) is 5.32 Å². The van der Waals surface area contributed by atoms with E-state index in [-0.39, 0.29) is 15.7 Å². The molecule has 2 N–H and O–H groups in total. The van der Waals surface area contributed by atoms with Gasteiger partial charge in [-0.25, -0.2) is 4.79 Å². The Hall–Kier alpha value is -2.15. The van der Waals surface area contributed by atoms with Crippen LogP contribution in [-0.2, 0) is 4.74 Å². The predicted octanol–water partition coefficient (Wildman–Crippen LogP) is 5.08. The maximum Gasteiger partial charge on any atom is 0.338 e. The molecule has 0 heterocycles. The summed E-state index contributed by atoms with van der Waals surface area (Å²) in [7, 11) is 0. The summed E-state index contributed by atoms with van der Waals surface area (Å²) in [5, 5.41) is 6.15. The molecule has 8 heteroatoms. The second-order valence-corrected chi connectivity index (χ2v) is 7.86. The fourth-order valence-corrected chi connectivity index (χ4v) is 2.74. The SMILES string of the molecule is CC(C)(C)OC(=O)c1ccc(NC(=S)NC(=O)c2ccc(Cl)cc2Cl)cc1. The summed E-state index contributed by atoms with van der Waals surface area (Å²) >= 11 is 17.0. The molecule has 1 amide bonds. The van der Waals surface area contributed by atoms with Gasteiger partial charge in [-0.2, -0.15) is 0 Å². The van der Waals surface area contributed by atoms with Crippen molar-refractivity contribution in [1.82, 2.24) is 5.32 Å². The molecule has 0 atom stereocenters. The average molecular weight is 425 g/mol. The van der Waals surface area contributed by atoms with Gasteiger partial charge in [0, 0.05) is 10.7 Å². The zero-order chi connectivity index (χ0) is 20.2. The zero-order valence-corrected chi connectivity index (χ0v) is 17.3. The number of hydrogen-bond acceptors (Lipinski definition) is 4. The van der Waals surface area contributed by atoms with Crippen molar-refractivity contribution in [3.05, 3.63) is 63.6 Å². The van der Waals surface area contributed by atoms with E-state index >= 15 is 0 Å². The number of ether oxygens (including phenoxy) is 1. The number of halogens is 2. The van der Waals surface area contributed by atoms with Gasteiger partial charge in [0.2, 0.25) is 0 Å². The Morgan fingerprint density at radius 1 is 1.04 bits per heavy atom. The van der Waals surface area contributed by atoms with Crippen LogP contribution in [-0.4, -0.2) is 22.6 Å². The van der Waals surface area contributed by atoms with E-state index in [2.05, 4.69) is 10.6 Å². The van der Waals surface area contributed by atoms with Crippen LogP contribution in [0.3, 0.4) is 0 Å². The molecule has 0 aliphatic heterocycles. The van der Waals surface area contributed by atoms with E-state index in [9.17, 15) is 9.59 Å². The van der Waals surface area contributed by atoms with E-state index in [0.717, 1.165) is 0 Å². The van der Waals surface area contributed by atoms with Crippen molar-refractivity contribution >= 4 is 58.1 Å². The molecule has 0 aromatic heterocycles. The number of amides is 1. The quantitative estimate of drug-likeness (QED) is 0.531. The predicted molar refractivity (Wildman–Crippen MR) is 112 cm³/mol. The Kier molecular flexibility index (Phi) is 6.81. The van der Waals surface area contributed by atoms with Crippen LogP contribution in [0.2, 0.25) is 10.0 Å². The van der Waals surface area contributed by atoms with Crippen LogP contribution in [0, 0.1) is 0 Å². The first-order valence-corrected chi connectivity index (χ1v) is 9.12. The summed E-state index contributed by atoms with van der Waals surface area (Å²) in [5.74, 6) is -0.873. The molecular formula is C19H18Cl2N2O3S. The summed E-state index contributed by atoms with van der Waals surface area (Å²) < 4.78 is 5.30. The lowest BCUT2D eigenvalue weighted by molar-refractivity contribution is 0.00695. The van der Waals surface area contributed by atoms with E-state index in [0.29, 0.717) is 16.3 Å². The van der Waals surface area contributed by atoms with Gasteiger partial charge in [-0.05, 0) is 75.5 Å². The second kappa shape index (κ2) is 8.69. The largest absolute Gasteiger partial charge is 0.456 e. The zero-order valence-electron chi connectivity index (χ0n) is 14.9. The van der Waals surface area contributed by atoms with Crippen molar-refractivity contribution in [3.63, 3.8) is 0 Å². The number of hydrogen-bond donors (Lipinski definition) is 2. The van der Waals surface area contributed by atoms with E-state index in [4.69, 9.17) is 40.2 Å². The lowest BCUT2D eigenvalue weighted by atomic mass is 10.1. The molecule has 0 aliphatic carbocycles. The standard InChI is InChI=1S/C19H18Cl2N2O3S/c1-19(2,3)26-17(25)11-4-7-13(8-5-11)22-18(27)23-16(24)14-9-6-12(20)10-15(14)21/h4-10H,1-3H3,(H2,22,23,24,27).